The number of benzene rings is 1. The van der Waals surface area contributed by atoms with Crippen LogP contribution in [0.4, 0.5) is 4.39 Å². The number of nitriles is 1. The molecule has 0 aliphatic heterocycles. The topological polar surface area (TPSA) is 96.0 Å². The lowest BCUT2D eigenvalue weighted by molar-refractivity contribution is -0.120. The molecule has 0 saturated carbocycles. The van der Waals surface area contributed by atoms with Crippen LogP contribution in [0, 0.1) is 23.1 Å². The maximum atomic E-state index is 12.7. The van der Waals surface area contributed by atoms with Gasteiger partial charge < -0.3 is 11.1 Å². The summed E-state index contributed by atoms with van der Waals surface area (Å²) in [6.07, 6.45) is 0.138. The Balaban J connectivity index is 2.74. The molecule has 0 heterocycles. The lowest BCUT2D eigenvalue weighted by Gasteiger charge is -2.16. The minimum absolute atomic E-state index is 0.138. The third kappa shape index (κ3) is 4.39. The number of hydrogen-bond donors (Lipinski definition) is 2. The van der Waals surface area contributed by atoms with E-state index in [1.807, 2.05) is 6.07 Å². The highest BCUT2D eigenvalue weighted by molar-refractivity contribution is 5.97. The quantitative estimate of drug-likeness (QED) is 0.828. The number of nitrogens with two attached hydrogens (primary N) is 1. The average Bonchev–Trinajstić information content (AvgIpc) is 2.38. The van der Waals surface area contributed by atoms with Gasteiger partial charge in [0.25, 0.3) is 5.91 Å². The van der Waals surface area contributed by atoms with Crippen LogP contribution in [0.15, 0.2) is 24.3 Å². The summed E-state index contributed by atoms with van der Waals surface area (Å²) in [7, 11) is 0. The van der Waals surface area contributed by atoms with Crippen molar-refractivity contribution in [2.75, 3.05) is 0 Å². The van der Waals surface area contributed by atoms with E-state index in [0.717, 1.165) is 12.1 Å². The van der Waals surface area contributed by atoms with Crippen LogP contribution >= 0.6 is 0 Å². The summed E-state index contributed by atoms with van der Waals surface area (Å²) in [6, 6.07) is 5.93. The minimum atomic E-state index is -0.924. The smallest absolute Gasteiger partial charge is 0.251 e. The molecule has 100 valence electrons. The first kappa shape index (κ1) is 14.6. The Morgan fingerprint density at radius 2 is 2.00 bits per heavy atom. The average molecular weight is 263 g/mol. The molecule has 3 N–H and O–H groups in total. The van der Waals surface area contributed by atoms with Gasteiger partial charge in [0.1, 0.15) is 11.9 Å². The van der Waals surface area contributed by atoms with Crippen molar-refractivity contribution in [1.29, 1.82) is 5.26 Å². The molecule has 0 aromatic heterocycles. The summed E-state index contributed by atoms with van der Waals surface area (Å²) < 4.78 is 12.7. The van der Waals surface area contributed by atoms with E-state index in [-0.39, 0.29) is 12.0 Å². The van der Waals surface area contributed by atoms with Crippen LogP contribution in [0.3, 0.4) is 0 Å². The molecule has 0 bridgehead atoms. The van der Waals surface area contributed by atoms with Crippen LogP contribution in [0.2, 0.25) is 0 Å². The summed E-state index contributed by atoms with van der Waals surface area (Å²) in [5, 5.41) is 11.1. The zero-order valence-electron chi connectivity index (χ0n) is 10.4. The van der Waals surface area contributed by atoms with Gasteiger partial charge in [0.05, 0.1) is 6.07 Å². The largest absolute Gasteiger partial charge is 0.368 e. The van der Waals surface area contributed by atoms with Crippen LogP contribution < -0.4 is 11.1 Å². The molecule has 0 aliphatic rings. The zero-order valence-corrected chi connectivity index (χ0v) is 10.4. The highest BCUT2D eigenvalue weighted by Gasteiger charge is 2.21. The Bertz CT molecular complexity index is 508. The molecule has 0 fully saturated rings. The second-order valence-electron chi connectivity index (χ2n) is 4.20. The van der Waals surface area contributed by atoms with Crippen LogP contribution in [0.25, 0.3) is 0 Å². The van der Waals surface area contributed by atoms with Gasteiger partial charge in [-0.1, -0.05) is 0 Å². The Hall–Kier alpha value is -2.42. The van der Waals surface area contributed by atoms with Crippen molar-refractivity contribution in [1.82, 2.24) is 5.32 Å². The first-order valence-electron chi connectivity index (χ1n) is 5.69. The molecule has 0 aliphatic carbocycles. The Kier molecular flexibility index (Phi) is 5.01. The number of primary amides is 1. The third-order valence-corrected chi connectivity index (χ3v) is 2.56. The van der Waals surface area contributed by atoms with Gasteiger partial charge in [-0.05, 0) is 37.6 Å². The monoisotopic (exact) mass is 263 g/mol. The maximum Gasteiger partial charge on any atom is 0.251 e. The molecule has 0 spiro atoms. The number of nitrogens with one attached hydrogen (secondary N) is 1. The second kappa shape index (κ2) is 6.50. The lowest BCUT2D eigenvalue weighted by atomic mass is 10.0. The first-order valence-corrected chi connectivity index (χ1v) is 5.69. The third-order valence-electron chi connectivity index (χ3n) is 2.56. The summed E-state index contributed by atoms with van der Waals surface area (Å²) >= 11 is 0. The Morgan fingerprint density at radius 1 is 1.42 bits per heavy atom. The predicted molar refractivity (Wildman–Crippen MR) is 66.2 cm³/mol. The van der Waals surface area contributed by atoms with E-state index in [1.165, 1.54) is 12.1 Å². The van der Waals surface area contributed by atoms with E-state index in [1.54, 1.807) is 6.92 Å². The summed E-state index contributed by atoms with van der Waals surface area (Å²) in [6.45, 7) is 1.62. The SMILES string of the molecule is C[C@H](C#N)C[C@H](NC(=O)c1ccc(F)cc1)C(N)=O. The van der Waals surface area contributed by atoms with Gasteiger partial charge in [-0.2, -0.15) is 5.26 Å². The number of halogens is 1. The molecule has 5 nitrogen and oxygen atoms in total. The van der Waals surface area contributed by atoms with Crippen molar-refractivity contribution in [2.24, 2.45) is 11.7 Å². The van der Waals surface area contributed by atoms with Gasteiger partial charge in [-0.25, -0.2) is 4.39 Å². The van der Waals surface area contributed by atoms with Crippen molar-refractivity contribution in [3.05, 3.63) is 35.6 Å². The number of amides is 2. The number of nitrogens with zero attached hydrogens (tertiary/aromatic N) is 1. The summed E-state index contributed by atoms with van der Waals surface area (Å²) in [5.74, 6) is -2.11. The van der Waals surface area contributed by atoms with Gasteiger partial charge in [0, 0.05) is 11.5 Å². The van der Waals surface area contributed by atoms with E-state index in [4.69, 9.17) is 11.0 Å². The molecule has 1 rings (SSSR count). The van der Waals surface area contributed by atoms with Gasteiger partial charge in [0.2, 0.25) is 5.91 Å². The second-order valence-corrected chi connectivity index (χ2v) is 4.20. The van der Waals surface area contributed by atoms with E-state index in [2.05, 4.69) is 5.32 Å². The van der Waals surface area contributed by atoms with E-state index in [9.17, 15) is 14.0 Å². The number of carbonyl (C=O) groups is 2. The standard InChI is InChI=1S/C13H14FN3O2/c1-8(7-15)6-11(12(16)18)17-13(19)9-2-4-10(14)5-3-9/h2-5,8,11H,6H2,1H3,(H2,16,18)(H,17,19)/t8-,11-/m0/s1. The molecule has 0 saturated heterocycles. The van der Waals surface area contributed by atoms with Gasteiger partial charge >= 0.3 is 0 Å². The summed E-state index contributed by atoms with van der Waals surface area (Å²) in [4.78, 5) is 23.0. The Labute approximate surface area is 110 Å². The van der Waals surface area contributed by atoms with E-state index >= 15 is 0 Å². The van der Waals surface area contributed by atoms with Gasteiger partial charge in [-0.3, -0.25) is 9.59 Å². The lowest BCUT2D eigenvalue weighted by Crippen LogP contribution is -2.45. The fourth-order valence-electron chi connectivity index (χ4n) is 1.50. The number of hydrogen-bond acceptors (Lipinski definition) is 3. The van der Waals surface area contributed by atoms with Gasteiger partial charge in [0.15, 0.2) is 0 Å². The van der Waals surface area contributed by atoms with E-state index < -0.39 is 29.6 Å². The molecule has 6 heteroatoms. The van der Waals surface area contributed by atoms with Crippen molar-refractivity contribution in [2.45, 2.75) is 19.4 Å². The molecule has 1 aromatic carbocycles. The van der Waals surface area contributed by atoms with E-state index in [0.29, 0.717) is 0 Å². The fourth-order valence-corrected chi connectivity index (χ4v) is 1.50. The normalized spacial score (nSPS) is 13.1. The summed E-state index contributed by atoms with van der Waals surface area (Å²) in [5.41, 5.74) is 5.39. The fraction of sp³-hybridized carbons (Fsp3) is 0.308. The molecule has 0 unspecified atom stereocenters. The molecule has 2 amide bonds. The Morgan fingerprint density at radius 3 is 2.47 bits per heavy atom. The minimum Gasteiger partial charge on any atom is -0.368 e. The van der Waals surface area contributed by atoms with Crippen LogP contribution in [-0.4, -0.2) is 17.9 Å². The molecule has 0 radical (unpaired) electrons. The highest BCUT2D eigenvalue weighted by atomic mass is 19.1. The maximum absolute atomic E-state index is 12.7. The van der Waals surface area contributed by atoms with Crippen molar-refractivity contribution in [3.8, 4) is 6.07 Å². The van der Waals surface area contributed by atoms with Gasteiger partial charge in [-0.15, -0.1) is 0 Å². The molecule has 1 aromatic rings. The van der Waals surface area contributed by atoms with Crippen LogP contribution in [0.1, 0.15) is 23.7 Å². The van der Waals surface area contributed by atoms with Crippen LogP contribution in [0.5, 0.6) is 0 Å². The molecule has 19 heavy (non-hydrogen) atoms. The van der Waals surface area contributed by atoms with Crippen molar-refractivity contribution < 1.29 is 14.0 Å². The zero-order chi connectivity index (χ0) is 14.4. The molecular formula is C13H14FN3O2. The number of rotatable bonds is 5. The van der Waals surface area contributed by atoms with Crippen molar-refractivity contribution in [3.63, 3.8) is 0 Å². The number of carbonyl (C=O) groups excluding carboxylic acids is 2. The molecular weight excluding hydrogens is 249 g/mol. The predicted octanol–water partition coefficient (Wildman–Crippen LogP) is 0.959. The first-order chi connectivity index (χ1) is 8.93. The van der Waals surface area contributed by atoms with Crippen molar-refractivity contribution >= 4 is 11.8 Å². The highest BCUT2D eigenvalue weighted by Crippen LogP contribution is 2.07. The molecule has 2 atom stereocenters. The van der Waals surface area contributed by atoms with Crippen LogP contribution in [-0.2, 0) is 4.79 Å².